The molecule has 1 aliphatic rings. The molecule has 2 heterocycles. The Kier molecular flexibility index (Phi) is 7.47. The monoisotopic (exact) mass is 461 g/mol. The van der Waals surface area contributed by atoms with E-state index >= 15 is 0 Å². The van der Waals surface area contributed by atoms with Crippen molar-refractivity contribution in [3.63, 3.8) is 0 Å². The normalized spacial score (nSPS) is 22.8. The van der Waals surface area contributed by atoms with Crippen LogP contribution < -0.4 is 5.32 Å². The summed E-state index contributed by atoms with van der Waals surface area (Å²) >= 11 is 0. The number of rotatable bonds is 7. The highest BCUT2D eigenvalue weighted by atomic mass is 16.4. The topological polar surface area (TPSA) is 146 Å². The molecule has 2 aromatic carbocycles. The van der Waals surface area contributed by atoms with Crippen LogP contribution in [0.5, 0.6) is 0 Å². The summed E-state index contributed by atoms with van der Waals surface area (Å²) in [5, 5.41) is 60.4. The number of nitrogens with one attached hydrogen (secondary N) is 1. The fraction of sp³-hybridized carbons (Fsp3) is 0.320. The van der Waals surface area contributed by atoms with Gasteiger partial charge in [0.15, 0.2) is 0 Å². The molecule has 1 aliphatic heterocycles. The fourth-order valence-corrected chi connectivity index (χ4v) is 4.16. The number of aliphatic hydroxyl groups excluding tert-OH is 4. The summed E-state index contributed by atoms with van der Waals surface area (Å²) in [6.07, 6.45) is -1.95. The number of β-amino-alcohol motifs (C(OH)–C–C–N with tert-alkyl or cyclic N) is 1. The van der Waals surface area contributed by atoms with Gasteiger partial charge >= 0.3 is 0 Å². The lowest BCUT2D eigenvalue weighted by Gasteiger charge is -2.43. The van der Waals surface area contributed by atoms with Gasteiger partial charge < -0.3 is 25.7 Å². The second kappa shape index (κ2) is 10.7. The highest BCUT2D eigenvalue weighted by Gasteiger charge is 2.40. The van der Waals surface area contributed by atoms with Crippen LogP contribution in [0.4, 0.5) is 5.69 Å². The van der Waals surface area contributed by atoms with Crippen LogP contribution in [0.1, 0.15) is 16.7 Å². The molecule has 0 unspecified atom stereocenters. The maximum Gasteiger partial charge on any atom is 0.109 e. The SMILES string of the molecule is N#Cc1cc(NCc2ccc(CN3C[C@H](O)[C@@H](O)[C@H](O)[C@H]3CO)cc2)cc(-c2cccnn2)c1. The summed E-state index contributed by atoms with van der Waals surface area (Å²) in [4.78, 5) is 1.77. The minimum absolute atomic E-state index is 0.163. The van der Waals surface area contributed by atoms with Gasteiger partial charge in [0.1, 0.15) is 12.2 Å². The molecule has 4 atom stereocenters. The summed E-state index contributed by atoms with van der Waals surface area (Å²) in [5.41, 5.74) is 4.79. The first-order valence-electron chi connectivity index (χ1n) is 11.0. The van der Waals surface area contributed by atoms with E-state index in [1.165, 1.54) is 0 Å². The molecular weight excluding hydrogens is 434 g/mol. The number of hydrogen-bond acceptors (Lipinski definition) is 9. The molecule has 9 heteroatoms. The van der Waals surface area contributed by atoms with Crippen LogP contribution in [0.15, 0.2) is 60.8 Å². The number of benzene rings is 2. The van der Waals surface area contributed by atoms with Crippen LogP contribution in [0.2, 0.25) is 0 Å². The molecule has 0 saturated carbocycles. The molecule has 1 saturated heterocycles. The molecule has 0 amide bonds. The molecule has 0 radical (unpaired) electrons. The van der Waals surface area contributed by atoms with Gasteiger partial charge in [-0.1, -0.05) is 24.3 Å². The second-order valence-electron chi connectivity index (χ2n) is 8.42. The minimum Gasteiger partial charge on any atom is -0.395 e. The Bertz CT molecular complexity index is 1140. The van der Waals surface area contributed by atoms with Gasteiger partial charge in [0.05, 0.1) is 36.1 Å². The van der Waals surface area contributed by atoms with Crippen LogP contribution in [0, 0.1) is 11.3 Å². The number of nitrogens with zero attached hydrogens (tertiary/aromatic N) is 4. The van der Waals surface area contributed by atoms with Crippen molar-refractivity contribution in [1.29, 1.82) is 5.26 Å². The molecule has 176 valence electrons. The quantitative estimate of drug-likeness (QED) is 0.346. The number of aromatic nitrogens is 2. The van der Waals surface area contributed by atoms with Crippen molar-refractivity contribution in [3.8, 4) is 17.3 Å². The van der Waals surface area contributed by atoms with Gasteiger partial charge in [-0.15, -0.1) is 0 Å². The zero-order chi connectivity index (χ0) is 24.1. The molecule has 34 heavy (non-hydrogen) atoms. The van der Waals surface area contributed by atoms with Crippen molar-refractivity contribution in [2.24, 2.45) is 0 Å². The zero-order valence-electron chi connectivity index (χ0n) is 18.5. The van der Waals surface area contributed by atoms with E-state index in [1.54, 1.807) is 29.3 Å². The van der Waals surface area contributed by atoms with Crippen molar-refractivity contribution in [3.05, 3.63) is 77.5 Å². The average molecular weight is 462 g/mol. The highest BCUT2D eigenvalue weighted by molar-refractivity contribution is 5.67. The molecule has 0 aliphatic carbocycles. The summed E-state index contributed by atoms with van der Waals surface area (Å²) in [5.74, 6) is 0. The van der Waals surface area contributed by atoms with Crippen molar-refractivity contribution in [1.82, 2.24) is 15.1 Å². The van der Waals surface area contributed by atoms with Crippen LogP contribution >= 0.6 is 0 Å². The first-order chi connectivity index (χ1) is 16.5. The lowest BCUT2D eigenvalue weighted by molar-refractivity contribution is -0.147. The third-order valence-electron chi connectivity index (χ3n) is 6.05. The molecule has 3 aromatic rings. The molecule has 4 rings (SSSR count). The van der Waals surface area contributed by atoms with Gasteiger partial charge in [-0.2, -0.15) is 15.5 Å². The Labute approximate surface area is 197 Å². The van der Waals surface area contributed by atoms with E-state index in [0.29, 0.717) is 24.3 Å². The average Bonchev–Trinajstić information content (AvgIpc) is 2.87. The predicted molar refractivity (Wildman–Crippen MR) is 125 cm³/mol. The summed E-state index contributed by atoms with van der Waals surface area (Å²) < 4.78 is 0. The van der Waals surface area contributed by atoms with E-state index in [-0.39, 0.29) is 13.2 Å². The van der Waals surface area contributed by atoms with E-state index in [9.17, 15) is 25.7 Å². The Morgan fingerprint density at radius 3 is 2.47 bits per heavy atom. The molecule has 1 aromatic heterocycles. The van der Waals surface area contributed by atoms with Gasteiger partial charge in [-0.3, -0.25) is 4.90 Å². The van der Waals surface area contributed by atoms with E-state index in [4.69, 9.17) is 0 Å². The second-order valence-corrected chi connectivity index (χ2v) is 8.42. The minimum atomic E-state index is -1.27. The Morgan fingerprint density at radius 2 is 1.79 bits per heavy atom. The van der Waals surface area contributed by atoms with Gasteiger partial charge in [0, 0.05) is 37.1 Å². The van der Waals surface area contributed by atoms with Crippen molar-refractivity contribution in [2.45, 2.75) is 37.4 Å². The molecule has 9 nitrogen and oxygen atoms in total. The first kappa shape index (κ1) is 23.8. The van der Waals surface area contributed by atoms with Gasteiger partial charge in [-0.05, 0) is 41.5 Å². The van der Waals surface area contributed by atoms with E-state index in [1.807, 2.05) is 36.4 Å². The van der Waals surface area contributed by atoms with E-state index < -0.39 is 24.4 Å². The van der Waals surface area contributed by atoms with E-state index in [0.717, 1.165) is 22.4 Å². The third-order valence-corrected chi connectivity index (χ3v) is 6.05. The van der Waals surface area contributed by atoms with Crippen molar-refractivity contribution in [2.75, 3.05) is 18.5 Å². The smallest absolute Gasteiger partial charge is 0.109 e. The van der Waals surface area contributed by atoms with Gasteiger partial charge in [-0.25, -0.2) is 0 Å². The number of piperidine rings is 1. The Hall–Kier alpha value is -3.39. The first-order valence-corrected chi connectivity index (χ1v) is 11.0. The highest BCUT2D eigenvalue weighted by Crippen LogP contribution is 2.24. The fourth-order valence-electron chi connectivity index (χ4n) is 4.16. The van der Waals surface area contributed by atoms with Crippen molar-refractivity contribution < 1.29 is 20.4 Å². The maximum absolute atomic E-state index is 10.2. The summed E-state index contributed by atoms with van der Waals surface area (Å²) in [7, 11) is 0. The molecule has 0 bridgehead atoms. The lowest BCUT2D eigenvalue weighted by Crippen LogP contribution is -2.62. The number of hydrogen-bond donors (Lipinski definition) is 5. The summed E-state index contributed by atoms with van der Waals surface area (Å²) in [6, 6.07) is 18.5. The predicted octanol–water partition coefficient (Wildman–Crippen LogP) is 0.887. The van der Waals surface area contributed by atoms with Gasteiger partial charge in [0.25, 0.3) is 0 Å². The van der Waals surface area contributed by atoms with Crippen LogP contribution in [-0.2, 0) is 13.1 Å². The van der Waals surface area contributed by atoms with E-state index in [2.05, 4.69) is 21.6 Å². The number of aliphatic hydroxyl groups is 4. The number of likely N-dealkylation sites (tertiary alicyclic amines) is 1. The molecule has 1 fully saturated rings. The Morgan fingerprint density at radius 1 is 1.03 bits per heavy atom. The Balaban J connectivity index is 1.41. The van der Waals surface area contributed by atoms with Crippen molar-refractivity contribution >= 4 is 5.69 Å². The van der Waals surface area contributed by atoms with Gasteiger partial charge in [0.2, 0.25) is 0 Å². The zero-order valence-corrected chi connectivity index (χ0v) is 18.5. The maximum atomic E-state index is 10.2. The third kappa shape index (κ3) is 5.39. The van der Waals surface area contributed by atoms with Crippen LogP contribution in [-0.4, -0.2) is 73.0 Å². The largest absolute Gasteiger partial charge is 0.395 e. The number of nitriles is 1. The number of anilines is 1. The molecule has 5 N–H and O–H groups in total. The van der Waals surface area contributed by atoms with Crippen LogP contribution in [0.3, 0.4) is 0 Å². The lowest BCUT2D eigenvalue weighted by atomic mass is 9.93. The molecular formula is C25H27N5O4. The summed E-state index contributed by atoms with van der Waals surface area (Å²) in [6.45, 7) is 0.814. The standard InChI is InChI=1S/C25H27N5O4/c26-11-18-8-19(21-2-1-7-28-29-21)10-20(9-18)27-12-16-3-5-17(6-4-16)13-30-14-23(32)25(34)24(33)22(30)15-31/h1-10,22-25,27,31-34H,12-15H2/t22-,23+,24-,25-/m1/s1. The van der Waals surface area contributed by atoms with Crippen LogP contribution in [0.25, 0.3) is 11.3 Å². The molecule has 0 spiro atoms.